The molecule has 2 aromatic rings. The maximum absolute atomic E-state index is 14.1. The minimum atomic E-state index is -5.16. The van der Waals surface area contributed by atoms with Crippen molar-refractivity contribution in [2.24, 2.45) is 23.7 Å². The number of aryl methyl sites for hydroxylation is 1. The van der Waals surface area contributed by atoms with E-state index in [1.54, 1.807) is 12.1 Å². The van der Waals surface area contributed by atoms with Crippen LogP contribution in [0.2, 0.25) is 0 Å². The van der Waals surface area contributed by atoms with Gasteiger partial charge in [-0.2, -0.15) is 0 Å². The van der Waals surface area contributed by atoms with Crippen molar-refractivity contribution in [3.8, 4) is 16.9 Å². The summed E-state index contributed by atoms with van der Waals surface area (Å²) < 4.78 is 74.3. The largest absolute Gasteiger partial charge is 0.573 e. The fraction of sp³-hybridized carbons (Fsp3) is 0.600. The first-order valence-electron chi connectivity index (χ1n) is 13.6. The average molecular weight is 525 g/mol. The van der Waals surface area contributed by atoms with Crippen LogP contribution in [0.1, 0.15) is 70.3 Å². The zero-order valence-corrected chi connectivity index (χ0v) is 21.5. The van der Waals surface area contributed by atoms with Gasteiger partial charge in [0.2, 0.25) is 5.75 Å². The molecule has 0 radical (unpaired) electrons. The summed E-state index contributed by atoms with van der Waals surface area (Å²) >= 11 is 0. The highest BCUT2D eigenvalue weighted by Crippen LogP contribution is 2.42. The second kappa shape index (κ2) is 12.6. The number of halogens is 5. The van der Waals surface area contributed by atoms with E-state index in [2.05, 4.69) is 11.7 Å². The van der Waals surface area contributed by atoms with E-state index in [-0.39, 0.29) is 5.56 Å². The summed E-state index contributed by atoms with van der Waals surface area (Å²) in [4.78, 5) is 0. The van der Waals surface area contributed by atoms with Crippen molar-refractivity contribution < 1.29 is 31.4 Å². The lowest BCUT2D eigenvalue weighted by Gasteiger charge is -2.38. The Morgan fingerprint density at radius 2 is 1.30 bits per heavy atom. The molecule has 2 aliphatic rings. The molecule has 2 aromatic carbocycles. The van der Waals surface area contributed by atoms with Crippen molar-refractivity contribution >= 4 is 0 Å². The molecule has 7 heteroatoms. The SMILES string of the molecule is CCOCC1CCC(C2CCC(CCc3ccc(-c4cc(F)c(OC(F)(F)F)c(F)c4)cc3)CC2)CC1. The van der Waals surface area contributed by atoms with Crippen LogP contribution in [0, 0.1) is 35.3 Å². The molecule has 0 saturated heterocycles. The van der Waals surface area contributed by atoms with E-state index in [4.69, 9.17) is 4.74 Å². The normalized spacial score (nSPS) is 24.7. The van der Waals surface area contributed by atoms with Crippen LogP contribution in [0.3, 0.4) is 0 Å². The third-order valence-electron chi connectivity index (χ3n) is 8.35. The third kappa shape index (κ3) is 7.92. The minimum Gasteiger partial charge on any atom is -0.399 e. The van der Waals surface area contributed by atoms with Gasteiger partial charge in [-0.15, -0.1) is 13.2 Å². The molecule has 0 spiro atoms. The van der Waals surface area contributed by atoms with E-state index in [1.807, 2.05) is 12.1 Å². The first-order valence-corrected chi connectivity index (χ1v) is 13.6. The van der Waals surface area contributed by atoms with E-state index >= 15 is 0 Å². The lowest BCUT2D eigenvalue weighted by molar-refractivity contribution is -0.276. The van der Waals surface area contributed by atoms with E-state index in [1.165, 1.54) is 51.4 Å². The fourth-order valence-electron chi connectivity index (χ4n) is 6.23. The number of hydrogen-bond acceptors (Lipinski definition) is 2. The Kier molecular flexibility index (Phi) is 9.49. The second-order valence-electron chi connectivity index (χ2n) is 10.8. The van der Waals surface area contributed by atoms with E-state index < -0.39 is 23.7 Å². The molecule has 0 N–H and O–H groups in total. The lowest BCUT2D eigenvalue weighted by Crippen LogP contribution is -2.27. The molecule has 2 saturated carbocycles. The first-order chi connectivity index (χ1) is 17.7. The standard InChI is InChI=1S/C30H37F5O2/c1-2-36-19-22-9-15-24(16-10-22)23-11-5-20(6-12-23)3-4-21-7-13-25(14-8-21)26-17-27(31)29(28(32)18-26)37-30(33,34)35/h7-8,13-14,17-18,20,22-24H,2-6,9-12,15-16,19H2,1H3. The molecule has 0 aliphatic heterocycles. The van der Waals surface area contributed by atoms with Gasteiger partial charge in [0.05, 0.1) is 0 Å². The van der Waals surface area contributed by atoms with Gasteiger partial charge in [-0.1, -0.05) is 37.1 Å². The summed E-state index contributed by atoms with van der Waals surface area (Å²) in [6.45, 7) is 3.80. The Bertz CT molecular complexity index is 965. The monoisotopic (exact) mass is 524 g/mol. The molecule has 2 aliphatic carbocycles. The molecular formula is C30H37F5O2. The molecule has 0 unspecified atom stereocenters. The predicted molar refractivity (Wildman–Crippen MR) is 134 cm³/mol. The van der Waals surface area contributed by atoms with Crippen molar-refractivity contribution in [3.05, 3.63) is 53.6 Å². The van der Waals surface area contributed by atoms with Crippen LogP contribution >= 0.6 is 0 Å². The van der Waals surface area contributed by atoms with Gasteiger partial charge in [-0.05, 0) is 111 Å². The highest BCUT2D eigenvalue weighted by atomic mass is 19.4. The number of benzene rings is 2. The van der Waals surface area contributed by atoms with Crippen molar-refractivity contribution in [3.63, 3.8) is 0 Å². The van der Waals surface area contributed by atoms with Gasteiger partial charge in [0, 0.05) is 13.2 Å². The van der Waals surface area contributed by atoms with Crippen LogP contribution in [-0.2, 0) is 11.2 Å². The van der Waals surface area contributed by atoms with Gasteiger partial charge in [-0.3, -0.25) is 0 Å². The van der Waals surface area contributed by atoms with Gasteiger partial charge in [0.25, 0.3) is 0 Å². The molecule has 4 rings (SSSR count). The summed E-state index contributed by atoms with van der Waals surface area (Å²) in [5.41, 5.74) is 1.86. The third-order valence-corrected chi connectivity index (χ3v) is 8.35. The number of hydrogen-bond donors (Lipinski definition) is 0. The van der Waals surface area contributed by atoms with Crippen LogP contribution in [-0.4, -0.2) is 19.6 Å². The maximum Gasteiger partial charge on any atom is 0.573 e. The highest BCUT2D eigenvalue weighted by molar-refractivity contribution is 5.65. The van der Waals surface area contributed by atoms with Crippen LogP contribution in [0.15, 0.2) is 36.4 Å². The van der Waals surface area contributed by atoms with E-state index in [0.717, 1.165) is 67.4 Å². The Morgan fingerprint density at radius 3 is 1.81 bits per heavy atom. The quantitative estimate of drug-likeness (QED) is 0.305. The summed E-state index contributed by atoms with van der Waals surface area (Å²) in [6, 6.07) is 9.10. The molecule has 0 aromatic heterocycles. The first kappa shape index (κ1) is 27.9. The summed E-state index contributed by atoms with van der Waals surface area (Å²) in [6.07, 6.45) is 7.46. The Hall–Kier alpha value is -2.15. The number of rotatable bonds is 9. The molecule has 0 bridgehead atoms. The molecular weight excluding hydrogens is 487 g/mol. The Labute approximate surface area is 216 Å². The Morgan fingerprint density at radius 1 is 0.757 bits per heavy atom. The number of ether oxygens (including phenoxy) is 2. The smallest absolute Gasteiger partial charge is 0.399 e. The van der Waals surface area contributed by atoms with Gasteiger partial charge in [-0.25, -0.2) is 8.78 Å². The van der Waals surface area contributed by atoms with Crippen molar-refractivity contribution in [2.45, 2.75) is 77.5 Å². The average Bonchev–Trinajstić information content (AvgIpc) is 2.89. The zero-order chi connectivity index (χ0) is 26.4. The van der Waals surface area contributed by atoms with E-state index in [0.29, 0.717) is 5.56 Å². The lowest BCUT2D eigenvalue weighted by atomic mass is 9.68. The second-order valence-corrected chi connectivity index (χ2v) is 10.8. The zero-order valence-electron chi connectivity index (χ0n) is 21.5. The molecule has 0 heterocycles. The molecule has 0 atom stereocenters. The molecule has 37 heavy (non-hydrogen) atoms. The predicted octanol–water partition coefficient (Wildman–Crippen LogP) is 9.11. The summed E-state index contributed by atoms with van der Waals surface area (Å²) in [7, 11) is 0. The topological polar surface area (TPSA) is 18.5 Å². The summed E-state index contributed by atoms with van der Waals surface area (Å²) in [5.74, 6) is -0.963. The number of alkyl halides is 3. The van der Waals surface area contributed by atoms with Crippen molar-refractivity contribution in [1.82, 2.24) is 0 Å². The highest BCUT2D eigenvalue weighted by Gasteiger charge is 2.34. The maximum atomic E-state index is 14.1. The van der Waals surface area contributed by atoms with Gasteiger partial charge in [0.15, 0.2) is 11.6 Å². The molecule has 2 nitrogen and oxygen atoms in total. The molecule has 2 fully saturated rings. The van der Waals surface area contributed by atoms with Crippen LogP contribution in [0.4, 0.5) is 22.0 Å². The van der Waals surface area contributed by atoms with Crippen LogP contribution < -0.4 is 4.74 Å². The van der Waals surface area contributed by atoms with Crippen LogP contribution in [0.25, 0.3) is 11.1 Å². The Balaban J connectivity index is 1.23. The molecule has 204 valence electrons. The molecule has 0 amide bonds. The van der Waals surface area contributed by atoms with E-state index in [9.17, 15) is 22.0 Å². The minimum absolute atomic E-state index is 0.168. The fourth-order valence-corrected chi connectivity index (χ4v) is 6.23. The van der Waals surface area contributed by atoms with Gasteiger partial charge >= 0.3 is 6.36 Å². The van der Waals surface area contributed by atoms with Gasteiger partial charge in [0.1, 0.15) is 0 Å². The van der Waals surface area contributed by atoms with Crippen LogP contribution in [0.5, 0.6) is 5.75 Å². The summed E-state index contributed by atoms with van der Waals surface area (Å²) in [5, 5.41) is 0. The van der Waals surface area contributed by atoms with Crippen molar-refractivity contribution in [2.75, 3.05) is 13.2 Å². The van der Waals surface area contributed by atoms with Crippen molar-refractivity contribution in [1.29, 1.82) is 0 Å². The van der Waals surface area contributed by atoms with Gasteiger partial charge < -0.3 is 9.47 Å².